The second-order valence-corrected chi connectivity index (χ2v) is 5.90. The lowest BCUT2D eigenvalue weighted by Gasteiger charge is -2.04. The Morgan fingerprint density at radius 1 is 1.22 bits per heavy atom. The summed E-state index contributed by atoms with van der Waals surface area (Å²) in [6, 6.07) is 10.9. The fourth-order valence-corrected chi connectivity index (χ4v) is 2.95. The molecule has 2 aromatic heterocycles. The van der Waals surface area contributed by atoms with Crippen LogP contribution in [0.1, 0.15) is 5.69 Å². The van der Waals surface area contributed by atoms with Gasteiger partial charge in [0.1, 0.15) is 0 Å². The van der Waals surface area contributed by atoms with E-state index >= 15 is 0 Å². The summed E-state index contributed by atoms with van der Waals surface area (Å²) in [7, 11) is 0. The molecule has 116 valence electrons. The Morgan fingerprint density at radius 3 is 3.00 bits per heavy atom. The molecule has 0 saturated heterocycles. The van der Waals surface area contributed by atoms with Crippen molar-refractivity contribution in [3.8, 4) is 22.1 Å². The summed E-state index contributed by atoms with van der Waals surface area (Å²) in [4.78, 5) is 13.1. The van der Waals surface area contributed by atoms with Gasteiger partial charge in [-0.3, -0.25) is 4.79 Å². The Labute approximate surface area is 135 Å². The Morgan fingerprint density at radius 2 is 2.13 bits per heavy atom. The quantitative estimate of drug-likeness (QED) is 0.795. The van der Waals surface area contributed by atoms with Crippen LogP contribution in [0.5, 0.6) is 11.5 Å². The van der Waals surface area contributed by atoms with Crippen LogP contribution in [0.2, 0.25) is 0 Å². The third-order valence-electron chi connectivity index (χ3n) is 3.32. The standard InChI is InChI=1S/C16H12N2O4S/c19-16(17-10-3-4-12-13(6-10)21-9-20-12)8-11-7-14(22-18-11)15-2-1-5-23-15/h1-7H,8-9H2,(H,17,19). The topological polar surface area (TPSA) is 73.6 Å². The molecule has 0 bridgehead atoms. The number of rotatable bonds is 4. The van der Waals surface area contributed by atoms with Crippen molar-refractivity contribution in [2.45, 2.75) is 6.42 Å². The lowest BCUT2D eigenvalue weighted by atomic mass is 10.2. The largest absolute Gasteiger partial charge is 0.454 e. The number of fused-ring (bicyclic) bond motifs is 1. The van der Waals surface area contributed by atoms with Gasteiger partial charge in [0.25, 0.3) is 0 Å². The molecule has 1 aliphatic rings. The molecule has 0 aliphatic carbocycles. The van der Waals surface area contributed by atoms with Crippen LogP contribution < -0.4 is 14.8 Å². The van der Waals surface area contributed by atoms with Crippen LogP contribution in [-0.2, 0) is 11.2 Å². The van der Waals surface area contributed by atoms with Crippen molar-refractivity contribution in [2.75, 3.05) is 12.1 Å². The molecular weight excluding hydrogens is 316 g/mol. The normalized spacial score (nSPS) is 12.3. The Hall–Kier alpha value is -2.80. The molecule has 1 amide bonds. The second kappa shape index (κ2) is 5.77. The van der Waals surface area contributed by atoms with Crippen LogP contribution in [0.3, 0.4) is 0 Å². The average Bonchev–Trinajstić information content (AvgIpc) is 3.27. The number of hydrogen-bond acceptors (Lipinski definition) is 6. The highest BCUT2D eigenvalue weighted by atomic mass is 32.1. The van der Waals surface area contributed by atoms with E-state index in [1.807, 2.05) is 17.5 Å². The lowest BCUT2D eigenvalue weighted by molar-refractivity contribution is -0.115. The highest BCUT2D eigenvalue weighted by molar-refractivity contribution is 7.13. The van der Waals surface area contributed by atoms with E-state index in [1.54, 1.807) is 35.6 Å². The number of ether oxygens (including phenoxy) is 2. The Bertz CT molecular complexity index is 842. The van der Waals surface area contributed by atoms with E-state index in [0.29, 0.717) is 28.6 Å². The summed E-state index contributed by atoms with van der Waals surface area (Å²) in [5, 5.41) is 8.71. The van der Waals surface area contributed by atoms with Gasteiger partial charge in [-0.1, -0.05) is 11.2 Å². The number of aromatic nitrogens is 1. The lowest BCUT2D eigenvalue weighted by Crippen LogP contribution is -2.14. The van der Waals surface area contributed by atoms with E-state index in [2.05, 4.69) is 10.5 Å². The molecule has 0 atom stereocenters. The van der Waals surface area contributed by atoms with Crippen LogP contribution in [-0.4, -0.2) is 17.9 Å². The molecule has 3 heterocycles. The monoisotopic (exact) mass is 328 g/mol. The first-order valence-corrected chi connectivity index (χ1v) is 7.85. The van der Waals surface area contributed by atoms with Crippen molar-refractivity contribution >= 4 is 22.9 Å². The number of benzene rings is 1. The third-order valence-corrected chi connectivity index (χ3v) is 4.21. The zero-order chi connectivity index (χ0) is 15.6. The van der Waals surface area contributed by atoms with E-state index in [4.69, 9.17) is 14.0 Å². The van der Waals surface area contributed by atoms with Gasteiger partial charge >= 0.3 is 0 Å². The fraction of sp³-hybridized carbons (Fsp3) is 0.125. The first kappa shape index (κ1) is 13.8. The van der Waals surface area contributed by atoms with Gasteiger partial charge in [0.2, 0.25) is 12.7 Å². The van der Waals surface area contributed by atoms with Crippen LogP contribution >= 0.6 is 11.3 Å². The smallest absolute Gasteiger partial charge is 0.231 e. The number of carbonyl (C=O) groups excluding carboxylic acids is 1. The molecule has 23 heavy (non-hydrogen) atoms. The number of carbonyl (C=O) groups is 1. The zero-order valence-corrected chi connectivity index (χ0v) is 12.8. The molecule has 1 N–H and O–H groups in total. The van der Waals surface area contributed by atoms with Crippen LogP contribution in [0.25, 0.3) is 10.6 Å². The number of nitrogens with one attached hydrogen (secondary N) is 1. The Kier molecular flexibility index (Phi) is 3.47. The SMILES string of the molecule is O=C(Cc1cc(-c2cccs2)on1)Nc1ccc2c(c1)OCO2. The summed E-state index contributed by atoms with van der Waals surface area (Å²) in [6.07, 6.45) is 0.142. The summed E-state index contributed by atoms with van der Waals surface area (Å²) < 4.78 is 15.8. The van der Waals surface area contributed by atoms with Gasteiger partial charge in [-0.15, -0.1) is 11.3 Å². The van der Waals surface area contributed by atoms with Crippen LogP contribution in [0, 0.1) is 0 Å². The van der Waals surface area contributed by atoms with Crippen molar-refractivity contribution in [3.63, 3.8) is 0 Å². The van der Waals surface area contributed by atoms with Crippen molar-refractivity contribution in [1.82, 2.24) is 5.16 Å². The summed E-state index contributed by atoms with van der Waals surface area (Å²) in [5.41, 5.74) is 1.24. The van der Waals surface area contributed by atoms with E-state index in [1.165, 1.54) is 0 Å². The number of hydrogen-bond donors (Lipinski definition) is 1. The highest BCUT2D eigenvalue weighted by Crippen LogP contribution is 2.34. The maximum Gasteiger partial charge on any atom is 0.231 e. The summed E-state index contributed by atoms with van der Waals surface area (Å²) in [5.74, 6) is 1.81. The van der Waals surface area contributed by atoms with Gasteiger partial charge in [-0.05, 0) is 23.6 Å². The zero-order valence-electron chi connectivity index (χ0n) is 11.9. The second-order valence-electron chi connectivity index (χ2n) is 4.95. The van der Waals surface area contributed by atoms with Crippen LogP contribution in [0.4, 0.5) is 5.69 Å². The van der Waals surface area contributed by atoms with E-state index < -0.39 is 0 Å². The summed E-state index contributed by atoms with van der Waals surface area (Å²) in [6.45, 7) is 0.206. The molecule has 1 aromatic carbocycles. The van der Waals surface area contributed by atoms with E-state index in [9.17, 15) is 4.79 Å². The minimum absolute atomic E-state index is 0.142. The van der Waals surface area contributed by atoms with E-state index in [0.717, 1.165) is 4.88 Å². The minimum atomic E-state index is -0.171. The van der Waals surface area contributed by atoms with Crippen molar-refractivity contribution in [3.05, 3.63) is 47.5 Å². The maximum absolute atomic E-state index is 12.1. The number of anilines is 1. The van der Waals surface area contributed by atoms with Crippen molar-refractivity contribution in [2.24, 2.45) is 0 Å². The minimum Gasteiger partial charge on any atom is -0.454 e. The molecule has 3 aromatic rings. The van der Waals surface area contributed by atoms with Crippen LogP contribution in [0.15, 0.2) is 46.3 Å². The first-order valence-electron chi connectivity index (χ1n) is 6.97. The number of amides is 1. The summed E-state index contributed by atoms with van der Waals surface area (Å²) >= 11 is 1.56. The molecule has 4 rings (SSSR count). The van der Waals surface area contributed by atoms with Gasteiger partial charge in [-0.25, -0.2) is 0 Å². The predicted octanol–water partition coefficient (Wildman–Crippen LogP) is 3.31. The molecule has 0 unspecified atom stereocenters. The van der Waals surface area contributed by atoms with Crippen molar-refractivity contribution < 1.29 is 18.8 Å². The highest BCUT2D eigenvalue weighted by Gasteiger charge is 2.15. The molecule has 0 fully saturated rings. The first-order chi connectivity index (χ1) is 11.3. The molecule has 0 saturated carbocycles. The van der Waals surface area contributed by atoms with Gasteiger partial charge in [-0.2, -0.15) is 0 Å². The number of nitrogens with zero attached hydrogens (tertiary/aromatic N) is 1. The van der Waals surface area contributed by atoms with Gasteiger partial charge in [0, 0.05) is 17.8 Å². The Balaban J connectivity index is 1.42. The molecule has 0 radical (unpaired) electrons. The molecule has 7 heteroatoms. The molecule has 1 aliphatic heterocycles. The third kappa shape index (κ3) is 2.91. The predicted molar refractivity (Wildman–Crippen MR) is 84.7 cm³/mol. The molecule has 0 spiro atoms. The maximum atomic E-state index is 12.1. The van der Waals surface area contributed by atoms with Gasteiger partial charge in [0.15, 0.2) is 17.3 Å². The average molecular weight is 328 g/mol. The fourth-order valence-electron chi connectivity index (χ4n) is 2.27. The number of thiophene rings is 1. The molecular formula is C16H12N2O4S. The molecule has 6 nitrogen and oxygen atoms in total. The van der Waals surface area contributed by atoms with Crippen molar-refractivity contribution in [1.29, 1.82) is 0 Å². The van der Waals surface area contributed by atoms with E-state index in [-0.39, 0.29) is 19.1 Å². The van der Waals surface area contributed by atoms with Gasteiger partial charge in [0.05, 0.1) is 17.0 Å². The van der Waals surface area contributed by atoms with Gasteiger partial charge < -0.3 is 19.3 Å².